The van der Waals surface area contributed by atoms with E-state index in [4.69, 9.17) is 4.42 Å². The average molecular weight is 322 g/mol. The summed E-state index contributed by atoms with van der Waals surface area (Å²) < 4.78 is 5.77. The zero-order chi connectivity index (χ0) is 16.9. The van der Waals surface area contributed by atoms with Gasteiger partial charge in [0.1, 0.15) is 12.3 Å². The van der Waals surface area contributed by atoms with Crippen LogP contribution in [0.5, 0.6) is 0 Å². The first kappa shape index (κ1) is 17.8. The summed E-state index contributed by atoms with van der Waals surface area (Å²) in [6.07, 6.45) is 5.29. The van der Waals surface area contributed by atoms with Gasteiger partial charge in [-0.15, -0.1) is 0 Å². The van der Waals surface area contributed by atoms with Gasteiger partial charge in [-0.1, -0.05) is 20.8 Å². The second kappa shape index (κ2) is 7.81. The van der Waals surface area contributed by atoms with Gasteiger partial charge in [0.15, 0.2) is 5.96 Å². The number of oxazole rings is 1. The summed E-state index contributed by atoms with van der Waals surface area (Å²) in [5.74, 6) is 2.29. The lowest BCUT2D eigenvalue weighted by molar-refractivity contribution is 0.120. The normalized spacial score (nSPS) is 22.9. The minimum Gasteiger partial charge on any atom is -0.443 e. The molecule has 0 radical (unpaired) electrons. The Kier molecular flexibility index (Phi) is 6.04. The summed E-state index contributed by atoms with van der Waals surface area (Å²) in [5.41, 5.74) is -0.0410. The molecular weight excluding hydrogens is 292 g/mol. The highest BCUT2D eigenvalue weighted by Crippen LogP contribution is 2.23. The number of hydrogen-bond acceptors (Lipinski definition) is 4. The van der Waals surface area contributed by atoms with Crippen molar-refractivity contribution in [1.29, 1.82) is 0 Å². The van der Waals surface area contributed by atoms with Crippen molar-refractivity contribution in [3.05, 3.63) is 17.8 Å². The van der Waals surface area contributed by atoms with Crippen LogP contribution in [0.2, 0.25) is 0 Å². The maximum absolute atomic E-state index is 9.59. The predicted octanol–water partition coefficient (Wildman–Crippen LogP) is 2.33. The Morgan fingerprint density at radius 1 is 1.35 bits per heavy atom. The van der Waals surface area contributed by atoms with Gasteiger partial charge in [-0.25, -0.2) is 9.98 Å². The molecule has 1 aliphatic carbocycles. The minimum absolute atomic E-state index is 0.0410. The molecule has 1 aromatic heterocycles. The van der Waals surface area contributed by atoms with E-state index in [1.54, 1.807) is 6.20 Å². The molecule has 6 heteroatoms. The highest BCUT2D eigenvalue weighted by molar-refractivity contribution is 5.80. The van der Waals surface area contributed by atoms with Crippen LogP contribution in [0.1, 0.15) is 65.0 Å². The van der Waals surface area contributed by atoms with Gasteiger partial charge in [0.2, 0.25) is 5.89 Å². The molecule has 0 atom stereocenters. The summed E-state index contributed by atoms with van der Waals surface area (Å²) in [4.78, 5) is 8.88. The zero-order valence-corrected chi connectivity index (χ0v) is 14.7. The van der Waals surface area contributed by atoms with Crippen LogP contribution in [0, 0.1) is 0 Å². The lowest BCUT2D eigenvalue weighted by Crippen LogP contribution is -2.45. The van der Waals surface area contributed by atoms with E-state index >= 15 is 0 Å². The molecule has 0 aromatic carbocycles. The van der Waals surface area contributed by atoms with E-state index < -0.39 is 0 Å². The van der Waals surface area contributed by atoms with Gasteiger partial charge in [0, 0.05) is 18.0 Å². The standard InChI is InChI=1S/C17H30N4O2/c1-5-18-16(21-12-6-8-13(22)9-7-12)20-11-15-19-10-14(23-15)17(2,3)4/h10,12-13,22H,5-9,11H2,1-4H3,(H2,18,20,21). The van der Waals surface area contributed by atoms with Gasteiger partial charge >= 0.3 is 0 Å². The zero-order valence-electron chi connectivity index (χ0n) is 14.7. The van der Waals surface area contributed by atoms with Crippen LogP contribution in [0.3, 0.4) is 0 Å². The number of hydrogen-bond donors (Lipinski definition) is 3. The SMILES string of the molecule is CCNC(=NCc1ncc(C(C)(C)C)o1)NC1CCC(O)CC1. The van der Waals surface area contributed by atoms with Crippen molar-refractivity contribution in [2.45, 2.75) is 77.5 Å². The number of nitrogens with zero attached hydrogens (tertiary/aromatic N) is 2. The molecule has 2 rings (SSSR count). The van der Waals surface area contributed by atoms with Crippen LogP contribution >= 0.6 is 0 Å². The van der Waals surface area contributed by atoms with E-state index in [0.717, 1.165) is 43.9 Å². The molecule has 6 nitrogen and oxygen atoms in total. The third-order valence-corrected chi connectivity index (χ3v) is 4.05. The van der Waals surface area contributed by atoms with E-state index in [9.17, 15) is 5.11 Å². The van der Waals surface area contributed by atoms with E-state index in [1.807, 2.05) is 6.92 Å². The lowest BCUT2D eigenvalue weighted by Gasteiger charge is -2.27. The van der Waals surface area contributed by atoms with Gasteiger partial charge in [-0.3, -0.25) is 0 Å². The molecule has 130 valence electrons. The number of aliphatic hydroxyl groups excluding tert-OH is 1. The average Bonchev–Trinajstić information content (AvgIpc) is 2.96. The largest absolute Gasteiger partial charge is 0.443 e. The fourth-order valence-corrected chi connectivity index (χ4v) is 2.61. The van der Waals surface area contributed by atoms with Crippen molar-refractivity contribution in [1.82, 2.24) is 15.6 Å². The third-order valence-electron chi connectivity index (χ3n) is 4.05. The van der Waals surface area contributed by atoms with Crippen LogP contribution in [-0.4, -0.2) is 34.7 Å². The Balaban J connectivity index is 1.94. The molecule has 0 unspecified atom stereocenters. The first-order chi connectivity index (χ1) is 10.9. The number of aromatic nitrogens is 1. The molecule has 1 saturated carbocycles. The summed E-state index contributed by atoms with van der Waals surface area (Å²) >= 11 is 0. The Labute approximate surface area is 138 Å². The summed E-state index contributed by atoms with van der Waals surface area (Å²) in [5, 5.41) is 16.3. The van der Waals surface area contributed by atoms with Gasteiger partial charge in [0.05, 0.1) is 12.3 Å². The number of guanidine groups is 1. The first-order valence-electron chi connectivity index (χ1n) is 8.56. The van der Waals surface area contributed by atoms with Crippen molar-refractivity contribution in [3.63, 3.8) is 0 Å². The second-order valence-corrected chi connectivity index (χ2v) is 7.21. The molecule has 1 fully saturated rings. The van der Waals surface area contributed by atoms with E-state index in [1.165, 1.54) is 0 Å². The van der Waals surface area contributed by atoms with Gasteiger partial charge < -0.3 is 20.2 Å². The molecule has 0 aliphatic heterocycles. The van der Waals surface area contributed by atoms with Gasteiger partial charge in [-0.05, 0) is 32.6 Å². The smallest absolute Gasteiger partial charge is 0.216 e. The first-order valence-corrected chi connectivity index (χ1v) is 8.56. The van der Waals surface area contributed by atoms with E-state index in [0.29, 0.717) is 18.5 Å². The molecule has 0 spiro atoms. The summed E-state index contributed by atoms with van der Waals surface area (Å²) in [7, 11) is 0. The Morgan fingerprint density at radius 3 is 2.61 bits per heavy atom. The van der Waals surface area contributed by atoms with Gasteiger partial charge in [0.25, 0.3) is 0 Å². The summed E-state index contributed by atoms with van der Waals surface area (Å²) in [6.45, 7) is 9.57. The van der Waals surface area contributed by atoms with Crippen molar-refractivity contribution >= 4 is 5.96 Å². The monoisotopic (exact) mass is 322 g/mol. The van der Waals surface area contributed by atoms with Crippen LogP contribution in [0.4, 0.5) is 0 Å². The Morgan fingerprint density at radius 2 is 2.04 bits per heavy atom. The summed E-state index contributed by atoms with van der Waals surface area (Å²) in [6, 6.07) is 0.367. The third kappa shape index (κ3) is 5.53. The highest BCUT2D eigenvalue weighted by Gasteiger charge is 2.21. The van der Waals surface area contributed by atoms with Crippen molar-refractivity contribution < 1.29 is 9.52 Å². The molecule has 1 aromatic rings. The van der Waals surface area contributed by atoms with Crippen LogP contribution < -0.4 is 10.6 Å². The molecule has 0 amide bonds. The van der Waals surface area contributed by atoms with Crippen molar-refractivity contribution in [3.8, 4) is 0 Å². The second-order valence-electron chi connectivity index (χ2n) is 7.21. The van der Waals surface area contributed by atoms with Crippen molar-refractivity contribution in [2.75, 3.05) is 6.54 Å². The highest BCUT2D eigenvalue weighted by atomic mass is 16.4. The van der Waals surface area contributed by atoms with Crippen LogP contribution in [-0.2, 0) is 12.0 Å². The van der Waals surface area contributed by atoms with E-state index in [-0.39, 0.29) is 11.5 Å². The quantitative estimate of drug-likeness (QED) is 0.585. The number of aliphatic imine (C=N–C) groups is 1. The lowest BCUT2D eigenvalue weighted by atomic mass is 9.93. The van der Waals surface area contributed by atoms with Crippen LogP contribution in [0.15, 0.2) is 15.6 Å². The number of rotatable bonds is 4. The van der Waals surface area contributed by atoms with E-state index in [2.05, 4.69) is 41.4 Å². The molecule has 23 heavy (non-hydrogen) atoms. The fraction of sp³-hybridized carbons (Fsp3) is 0.765. The Bertz CT molecular complexity index is 511. The maximum atomic E-state index is 9.59. The molecule has 1 heterocycles. The number of nitrogens with one attached hydrogen (secondary N) is 2. The van der Waals surface area contributed by atoms with Crippen molar-refractivity contribution in [2.24, 2.45) is 4.99 Å². The van der Waals surface area contributed by atoms with Crippen LogP contribution in [0.25, 0.3) is 0 Å². The molecule has 3 N–H and O–H groups in total. The molecular formula is C17H30N4O2. The van der Waals surface area contributed by atoms with Gasteiger partial charge in [-0.2, -0.15) is 0 Å². The minimum atomic E-state index is -0.143. The fourth-order valence-electron chi connectivity index (χ4n) is 2.61. The molecule has 0 bridgehead atoms. The maximum Gasteiger partial charge on any atom is 0.216 e. The molecule has 0 saturated heterocycles. The number of aliphatic hydroxyl groups is 1. The topological polar surface area (TPSA) is 82.7 Å². The Hall–Kier alpha value is -1.56. The predicted molar refractivity (Wildman–Crippen MR) is 91.4 cm³/mol. The molecule has 1 aliphatic rings.